The largest absolute Gasteiger partial charge is 0.496 e. The first kappa shape index (κ1) is 29.9. The predicted octanol–water partition coefficient (Wildman–Crippen LogP) is 6.39. The lowest BCUT2D eigenvalue weighted by Crippen LogP contribution is -2.24. The Bertz CT molecular complexity index is 1110. The highest BCUT2D eigenvalue weighted by Crippen LogP contribution is 2.39. The summed E-state index contributed by atoms with van der Waals surface area (Å²) in [7, 11) is 4.61. The normalized spacial score (nSPS) is 11.7. The Balaban J connectivity index is 1.65. The van der Waals surface area contributed by atoms with E-state index >= 15 is 0 Å². The van der Waals surface area contributed by atoms with Crippen molar-refractivity contribution >= 4 is 11.6 Å². The van der Waals surface area contributed by atoms with Crippen molar-refractivity contribution in [1.29, 1.82) is 0 Å². The molecule has 0 radical (unpaired) electrons. The van der Waals surface area contributed by atoms with Crippen molar-refractivity contribution < 1.29 is 19.0 Å². The molecule has 0 fully saturated rings. The highest BCUT2D eigenvalue weighted by atomic mass is 16.5. The number of ether oxygens (including phenoxy) is 3. The molecule has 1 N–H and O–H groups in total. The summed E-state index contributed by atoms with van der Waals surface area (Å²) >= 11 is 0. The Labute approximate surface area is 232 Å². The minimum absolute atomic E-state index is 0.318. The van der Waals surface area contributed by atoms with Gasteiger partial charge in [-0.3, -0.25) is 4.79 Å². The van der Waals surface area contributed by atoms with Gasteiger partial charge in [-0.2, -0.15) is 4.80 Å². The average Bonchev–Trinajstić information content (AvgIpc) is 3.42. The third-order valence-corrected chi connectivity index (χ3v) is 6.80. The summed E-state index contributed by atoms with van der Waals surface area (Å²) in [5, 5.41) is 16.1. The number of hydrogen-bond donors (Lipinski definition) is 1. The first-order chi connectivity index (χ1) is 19.1. The fraction of sp³-hybridized carbons (Fsp3) is 0.533. The molecule has 3 aromatic rings. The Morgan fingerprint density at radius 3 is 2.00 bits per heavy atom. The van der Waals surface area contributed by atoms with E-state index in [-0.39, 0.29) is 5.91 Å². The van der Waals surface area contributed by atoms with Crippen LogP contribution in [0.1, 0.15) is 88.4 Å². The van der Waals surface area contributed by atoms with Crippen LogP contribution in [0.5, 0.6) is 17.2 Å². The molecule has 1 atom stereocenters. The smallest absolute Gasteiger partial charge is 0.240 e. The predicted molar refractivity (Wildman–Crippen MR) is 153 cm³/mol. The standard InChI is InChI=1S/C30H43N5O4/c1-5-6-7-8-9-10-11-12-13-17-20-35-33-29(32-34-35)27(23-18-15-14-16-19-23)30(36)31-28-25(38-3)21-24(37-2)22-26(28)39-4/h14-16,18-19,21-22,27H,5-13,17,20H2,1-4H3,(H,31,36)/t27-/m1/s1. The van der Waals surface area contributed by atoms with E-state index in [0.717, 1.165) is 18.4 Å². The molecule has 212 valence electrons. The van der Waals surface area contributed by atoms with E-state index in [1.165, 1.54) is 65.6 Å². The van der Waals surface area contributed by atoms with E-state index < -0.39 is 5.92 Å². The number of nitrogens with zero attached hydrogens (tertiary/aromatic N) is 4. The SMILES string of the molecule is CCCCCCCCCCCCn1nnc([C@H](C(=O)Nc2c(OC)cc(OC)cc2OC)c2ccccc2)n1. The maximum atomic E-state index is 13.7. The van der Waals surface area contributed by atoms with Gasteiger partial charge in [0.15, 0.2) is 5.82 Å². The van der Waals surface area contributed by atoms with Gasteiger partial charge in [0.1, 0.15) is 28.9 Å². The molecule has 1 heterocycles. The van der Waals surface area contributed by atoms with Gasteiger partial charge in [0, 0.05) is 12.1 Å². The molecule has 9 nitrogen and oxygen atoms in total. The van der Waals surface area contributed by atoms with Crippen LogP contribution in [0.25, 0.3) is 0 Å². The molecule has 0 spiro atoms. The Morgan fingerprint density at radius 2 is 1.44 bits per heavy atom. The molecule has 0 saturated heterocycles. The van der Waals surface area contributed by atoms with Gasteiger partial charge in [0.25, 0.3) is 0 Å². The first-order valence-electron chi connectivity index (χ1n) is 14.0. The summed E-state index contributed by atoms with van der Waals surface area (Å²) in [5.41, 5.74) is 1.17. The van der Waals surface area contributed by atoms with Gasteiger partial charge in [-0.05, 0) is 17.2 Å². The number of unbranched alkanes of at least 4 members (excludes halogenated alkanes) is 9. The highest BCUT2D eigenvalue weighted by molar-refractivity contribution is 6.00. The zero-order valence-electron chi connectivity index (χ0n) is 23.8. The van der Waals surface area contributed by atoms with E-state index in [4.69, 9.17) is 14.2 Å². The second-order valence-electron chi connectivity index (χ2n) is 9.67. The highest BCUT2D eigenvalue weighted by Gasteiger charge is 2.29. The van der Waals surface area contributed by atoms with Crippen molar-refractivity contribution in [3.63, 3.8) is 0 Å². The molecule has 9 heteroatoms. The van der Waals surface area contributed by atoms with Crippen molar-refractivity contribution in [2.75, 3.05) is 26.6 Å². The van der Waals surface area contributed by atoms with Gasteiger partial charge >= 0.3 is 0 Å². The minimum Gasteiger partial charge on any atom is -0.496 e. The number of nitrogens with one attached hydrogen (secondary N) is 1. The number of rotatable bonds is 18. The number of aromatic nitrogens is 4. The van der Waals surface area contributed by atoms with Gasteiger partial charge in [-0.1, -0.05) is 95.0 Å². The molecular formula is C30H43N5O4. The topological polar surface area (TPSA) is 100 Å². The van der Waals surface area contributed by atoms with Crippen molar-refractivity contribution in [1.82, 2.24) is 20.2 Å². The lowest BCUT2D eigenvalue weighted by atomic mass is 9.97. The van der Waals surface area contributed by atoms with Crippen LogP contribution in [0.4, 0.5) is 5.69 Å². The monoisotopic (exact) mass is 537 g/mol. The quantitative estimate of drug-likeness (QED) is 0.188. The molecule has 2 aromatic carbocycles. The number of anilines is 1. The number of methoxy groups -OCH3 is 3. The number of carbonyl (C=O) groups excluding carboxylic acids is 1. The molecule has 0 aliphatic carbocycles. The Morgan fingerprint density at radius 1 is 0.846 bits per heavy atom. The molecule has 0 aliphatic heterocycles. The third kappa shape index (κ3) is 8.97. The number of tetrazole rings is 1. The lowest BCUT2D eigenvalue weighted by Gasteiger charge is -2.18. The van der Waals surface area contributed by atoms with Crippen LogP contribution in [0.15, 0.2) is 42.5 Å². The van der Waals surface area contributed by atoms with E-state index in [1.807, 2.05) is 30.3 Å². The van der Waals surface area contributed by atoms with E-state index in [0.29, 0.717) is 35.3 Å². The molecular weight excluding hydrogens is 494 g/mol. The molecule has 0 saturated carbocycles. The Hall–Kier alpha value is -3.62. The fourth-order valence-electron chi connectivity index (χ4n) is 4.59. The number of benzene rings is 2. The average molecular weight is 538 g/mol. The van der Waals surface area contributed by atoms with E-state index in [1.54, 1.807) is 24.0 Å². The summed E-state index contributed by atoms with van der Waals surface area (Å²) in [4.78, 5) is 15.3. The molecule has 0 unspecified atom stereocenters. The number of carbonyl (C=O) groups is 1. The van der Waals surface area contributed by atoms with Crippen LogP contribution in [0.3, 0.4) is 0 Å². The number of hydrogen-bond acceptors (Lipinski definition) is 7. The van der Waals surface area contributed by atoms with Crippen molar-refractivity contribution in [3.8, 4) is 17.2 Å². The summed E-state index contributed by atoms with van der Waals surface area (Å²) in [6.07, 6.45) is 12.6. The van der Waals surface area contributed by atoms with Crippen LogP contribution >= 0.6 is 0 Å². The van der Waals surface area contributed by atoms with Crippen LogP contribution in [0.2, 0.25) is 0 Å². The van der Waals surface area contributed by atoms with Gasteiger partial charge in [0.2, 0.25) is 5.91 Å². The minimum atomic E-state index is -0.760. The van der Waals surface area contributed by atoms with Gasteiger partial charge in [-0.15, -0.1) is 10.2 Å². The second-order valence-corrected chi connectivity index (χ2v) is 9.67. The summed E-state index contributed by atoms with van der Waals surface area (Å²) in [6, 6.07) is 12.8. The fourth-order valence-corrected chi connectivity index (χ4v) is 4.59. The molecule has 0 bridgehead atoms. The second kappa shape index (κ2) is 16.4. The lowest BCUT2D eigenvalue weighted by molar-refractivity contribution is -0.116. The summed E-state index contributed by atoms with van der Waals surface area (Å²) in [6.45, 7) is 2.92. The molecule has 1 amide bonds. The van der Waals surface area contributed by atoms with E-state index in [9.17, 15) is 4.79 Å². The van der Waals surface area contributed by atoms with Crippen molar-refractivity contribution in [2.24, 2.45) is 0 Å². The Kier molecular flexibility index (Phi) is 12.6. The van der Waals surface area contributed by atoms with Gasteiger partial charge in [0.05, 0.1) is 27.9 Å². The zero-order valence-corrected chi connectivity index (χ0v) is 23.8. The van der Waals surface area contributed by atoms with Crippen LogP contribution in [0, 0.1) is 0 Å². The van der Waals surface area contributed by atoms with Gasteiger partial charge in [-0.25, -0.2) is 0 Å². The number of amides is 1. The van der Waals surface area contributed by atoms with Crippen molar-refractivity contribution in [2.45, 2.75) is 83.6 Å². The zero-order chi connectivity index (χ0) is 27.9. The molecule has 0 aliphatic rings. The molecule has 1 aromatic heterocycles. The third-order valence-electron chi connectivity index (χ3n) is 6.80. The maximum absolute atomic E-state index is 13.7. The van der Waals surface area contributed by atoms with Crippen LogP contribution in [-0.4, -0.2) is 47.4 Å². The van der Waals surface area contributed by atoms with Gasteiger partial charge < -0.3 is 19.5 Å². The summed E-state index contributed by atoms with van der Waals surface area (Å²) < 4.78 is 16.3. The van der Waals surface area contributed by atoms with E-state index in [2.05, 4.69) is 27.7 Å². The van der Waals surface area contributed by atoms with Crippen LogP contribution < -0.4 is 19.5 Å². The maximum Gasteiger partial charge on any atom is 0.240 e. The molecule has 3 rings (SSSR count). The molecule has 39 heavy (non-hydrogen) atoms. The van der Waals surface area contributed by atoms with Crippen LogP contribution in [-0.2, 0) is 11.3 Å². The summed E-state index contributed by atoms with van der Waals surface area (Å²) in [5.74, 6) is 0.661. The number of aryl methyl sites for hydroxylation is 1. The van der Waals surface area contributed by atoms with Crippen molar-refractivity contribution in [3.05, 3.63) is 53.9 Å². The first-order valence-corrected chi connectivity index (χ1v) is 14.0.